The van der Waals surface area contributed by atoms with E-state index in [2.05, 4.69) is 0 Å². The van der Waals surface area contributed by atoms with Gasteiger partial charge >= 0.3 is 0 Å². The molecule has 4 atom stereocenters. The number of piperidine rings is 1. The van der Waals surface area contributed by atoms with Crippen molar-refractivity contribution >= 4 is 0 Å². The quantitative estimate of drug-likeness (QED) is 0.428. The minimum absolute atomic E-state index is 0.218. The van der Waals surface area contributed by atoms with Crippen molar-refractivity contribution in [1.29, 1.82) is 0 Å². The molecule has 4 N–H and O–H groups in total. The summed E-state index contributed by atoms with van der Waals surface area (Å²) < 4.78 is 20.0. The predicted octanol–water partition coefficient (Wildman–Crippen LogP) is 1.94. The zero-order chi connectivity index (χ0) is 22.2. The van der Waals surface area contributed by atoms with Crippen LogP contribution in [0.3, 0.4) is 0 Å². The van der Waals surface area contributed by atoms with E-state index in [-0.39, 0.29) is 25.6 Å². The molecule has 2 aromatic carbocycles. The van der Waals surface area contributed by atoms with Crippen LogP contribution >= 0.6 is 0 Å². The minimum atomic E-state index is -1.23. The van der Waals surface area contributed by atoms with Gasteiger partial charge in [-0.25, -0.2) is 4.39 Å². The monoisotopic (exact) mass is 433 g/mol. The standard InChI is InChI=1S/C24H32FNO5/c25-20-13-18(17-7-3-1-4-8-17)9-10-19(20)16-31-12-6-2-5-11-26-14-22(28)24(30)23(29)21(26)15-27/h1,3-4,7-10,13,21-24,27-30H,2,5-6,11-12,14-16H2/t21-,22+,23+,24-/m1/s1. The predicted molar refractivity (Wildman–Crippen MR) is 116 cm³/mol. The first-order chi connectivity index (χ1) is 15.0. The van der Waals surface area contributed by atoms with E-state index >= 15 is 0 Å². The molecule has 0 saturated carbocycles. The lowest BCUT2D eigenvalue weighted by molar-refractivity contribution is -0.145. The van der Waals surface area contributed by atoms with Crippen molar-refractivity contribution in [2.45, 2.75) is 50.2 Å². The molecule has 1 aliphatic heterocycles. The van der Waals surface area contributed by atoms with E-state index in [4.69, 9.17) is 4.74 Å². The molecule has 1 saturated heterocycles. The van der Waals surface area contributed by atoms with E-state index in [1.54, 1.807) is 6.07 Å². The summed E-state index contributed by atoms with van der Waals surface area (Å²) in [5.41, 5.74) is 2.34. The molecule has 2 aromatic rings. The zero-order valence-electron chi connectivity index (χ0n) is 17.6. The number of unbranched alkanes of at least 4 members (excludes halogenated alkanes) is 2. The Kier molecular flexibility index (Phi) is 8.95. The summed E-state index contributed by atoms with van der Waals surface area (Å²) in [4.78, 5) is 1.81. The van der Waals surface area contributed by atoms with Gasteiger partial charge in [0, 0.05) is 18.7 Å². The van der Waals surface area contributed by atoms with Crippen LogP contribution in [0.25, 0.3) is 11.1 Å². The summed E-state index contributed by atoms with van der Waals surface area (Å²) >= 11 is 0. The smallest absolute Gasteiger partial charge is 0.129 e. The minimum Gasteiger partial charge on any atom is -0.395 e. The second-order valence-electron chi connectivity index (χ2n) is 8.08. The van der Waals surface area contributed by atoms with Gasteiger partial charge in [0.2, 0.25) is 0 Å². The van der Waals surface area contributed by atoms with Crippen molar-refractivity contribution in [2.75, 3.05) is 26.3 Å². The van der Waals surface area contributed by atoms with Crippen molar-refractivity contribution in [3.05, 3.63) is 59.9 Å². The van der Waals surface area contributed by atoms with Crippen LogP contribution in [0.1, 0.15) is 24.8 Å². The van der Waals surface area contributed by atoms with E-state index in [1.165, 1.54) is 6.07 Å². The van der Waals surface area contributed by atoms with Gasteiger partial charge in [0.1, 0.15) is 18.0 Å². The molecule has 0 aliphatic carbocycles. The first-order valence-electron chi connectivity index (χ1n) is 10.8. The lowest BCUT2D eigenvalue weighted by Crippen LogP contribution is -2.62. The Morgan fingerprint density at radius 1 is 0.935 bits per heavy atom. The van der Waals surface area contributed by atoms with Gasteiger partial charge < -0.3 is 25.2 Å². The Labute approximate surface area is 182 Å². The summed E-state index contributed by atoms with van der Waals surface area (Å²) in [5, 5.41) is 39.1. The Morgan fingerprint density at radius 2 is 1.71 bits per heavy atom. The highest BCUT2D eigenvalue weighted by molar-refractivity contribution is 5.63. The molecule has 0 spiro atoms. The van der Waals surface area contributed by atoms with E-state index in [0.29, 0.717) is 18.7 Å². The fraction of sp³-hybridized carbons (Fsp3) is 0.500. The number of β-amino-alcohol motifs (C(OH)–C–C–N with tert-alkyl or cyclic N) is 1. The molecular weight excluding hydrogens is 401 g/mol. The van der Waals surface area contributed by atoms with Crippen LogP contribution in [0.2, 0.25) is 0 Å². The number of hydrogen-bond acceptors (Lipinski definition) is 6. The summed E-state index contributed by atoms with van der Waals surface area (Å²) in [6.45, 7) is 1.27. The number of rotatable bonds is 10. The van der Waals surface area contributed by atoms with Crippen LogP contribution < -0.4 is 0 Å². The molecule has 1 fully saturated rings. The van der Waals surface area contributed by atoms with Crippen LogP contribution in [-0.4, -0.2) is 76.0 Å². The van der Waals surface area contributed by atoms with E-state index in [1.807, 2.05) is 41.3 Å². The lowest BCUT2D eigenvalue weighted by Gasteiger charge is -2.43. The summed E-state index contributed by atoms with van der Waals surface area (Å²) in [5.74, 6) is -0.277. The van der Waals surface area contributed by atoms with Gasteiger partial charge in [0.25, 0.3) is 0 Å². The van der Waals surface area contributed by atoms with Crippen molar-refractivity contribution in [3.63, 3.8) is 0 Å². The molecule has 0 unspecified atom stereocenters. The normalized spacial score (nSPS) is 24.4. The van der Waals surface area contributed by atoms with Crippen LogP contribution in [-0.2, 0) is 11.3 Å². The van der Waals surface area contributed by atoms with Gasteiger partial charge in [-0.1, -0.05) is 42.5 Å². The second-order valence-corrected chi connectivity index (χ2v) is 8.08. The largest absolute Gasteiger partial charge is 0.395 e. The molecule has 0 radical (unpaired) electrons. The third-order valence-corrected chi connectivity index (χ3v) is 5.87. The van der Waals surface area contributed by atoms with Crippen LogP contribution in [0.15, 0.2) is 48.5 Å². The number of halogens is 1. The van der Waals surface area contributed by atoms with Crippen molar-refractivity contribution < 1.29 is 29.6 Å². The van der Waals surface area contributed by atoms with Gasteiger partial charge in [-0.05, 0) is 43.0 Å². The van der Waals surface area contributed by atoms with E-state index in [0.717, 1.165) is 30.4 Å². The summed E-state index contributed by atoms with van der Waals surface area (Å²) in [7, 11) is 0. The number of benzene rings is 2. The molecular formula is C24H32FNO5. The van der Waals surface area contributed by atoms with E-state index in [9.17, 15) is 24.8 Å². The molecule has 6 nitrogen and oxygen atoms in total. The Hall–Kier alpha value is -1.87. The number of aliphatic hydroxyl groups is 4. The van der Waals surface area contributed by atoms with Gasteiger partial charge in [-0.3, -0.25) is 4.90 Å². The van der Waals surface area contributed by atoms with Gasteiger partial charge in [-0.15, -0.1) is 0 Å². The fourth-order valence-electron chi connectivity index (χ4n) is 3.99. The van der Waals surface area contributed by atoms with Crippen molar-refractivity contribution in [1.82, 2.24) is 4.90 Å². The van der Waals surface area contributed by atoms with Gasteiger partial charge in [0.05, 0.1) is 25.4 Å². The third kappa shape index (κ3) is 6.32. The molecule has 31 heavy (non-hydrogen) atoms. The molecule has 0 aromatic heterocycles. The van der Waals surface area contributed by atoms with Gasteiger partial charge in [-0.2, -0.15) is 0 Å². The van der Waals surface area contributed by atoms with Crippen molar-refractivity contribution in [3.8, 4) is 11.1 Å². The van der Waals surface area contributed by atoms with Crippen LogP contribution in [0.5, 0.6) is 0 Å². The maximum Gasteiger partial charge on any atom is 0.129 e. The number of likely N-dealkylation sites (tertiary alicyclic amines) is 1. The average molecular weight is 434 g/mol. The highest BCUT2D eigenvalue weighted by Gasteiger charge is 2.40. The van der Waals surface area contributed by atoms with E-state index < -0.39 is 24.4 Å². The SMILES string of the molecule is OC[C@@H]1[C@H](O)[C@H](O)[C@@H](O)CN1CCCCCOCc1ccc(-c2ccccc2)cc1F. The Bertz CT molecular complexity index is 806. The topological polar surface area (TPSA) is 93.4 Å². The lowest BCUT2D eigenvalue weighted by atomic mass is 9.94. The molecule has 170 valence electrons. The van der Waals surface area contributed by atoms with Crippen LogP contribution in [0.4, 0.5) is 4.39 Å². The molecule has 7 heteroatoms. The summed E-state index contributed by atoms with van der Waals surface area (Å²) in [6.07, 6.45) is -0.961. The molecule has 0 bridgehead atoms. The number of nitrogens with zero attached hydrogens (tertiary/aromatic N) is 1. The Balaban J connectivity index is 1.35. The average Bonchev–Trinajstić information content (AvgIpc) is 2.78. The van der Waals surface area contributed by atoms with Crippen molar-refractivity contribution in [2.24, 2.45) is 0 Å². The Morgan fingerprint density at radius 3 is 2.42 bits per heavy atom. The first-order valence-corrected chi connectivity index (χ1v) is 10.8. The third-order valence-electron chi connectivity index (χ3n) is 5.87. The first kappa shape index (κ1) is 23.8. The molecule has 1 heterocycles. The zero-order valence-corrected chi connectivity index (χ0v) is 17.6. The summed E-state index contributed by atoms with van der Waals surface area (Å²) in [6, 6.07) is 14.3. The molecule has 1 aliphatic rings. The molecule has 0 amide bonds. The second kappa shape index (κ2) is 11.7. The number of aliphatic hydroxyl groups excluding tert-OH is 4. The van der Waals surface area contributed by atoms with Crippen LogP contribution in [0, 0.1) is 5.82 Å². The maximum absolute atomic E-state index is 14.4. The fourth-order valence-corrected chi connectivity index (χ4v) is 3.99. The number of hydrogen-bond donors (Lipinski definition) is 4. The maximum atomic E-state index is 14.4. The molecule has 3 rings (SSSR count). The number of ether oxygens (including phenoxy) is 1. The van der Waals surface area contributed by atoms with Gasteiger partial charge in [0.15, 0.2) is 0 Å². The highest BCUT2D eigenvalue weighted by atomic mass is 19.1. The highest BCUT2D eigenvalue weighted by Crippen LogP contribution is 2.22.